The number of anilines is 1. The van der Waals surface area contributed by atoms with Gasteiger partial charge in [0, 0.05) is 29.6 Å². The number of nitro groups is 1. The first-order valence-electron chi connectivity index (χ1n) is 7.64. The average Bonchev–Trinajstić information content (AvgIpc) is 2.66. The number of aromatic nitrogens is 1. The number of esters is 1. The van der Waals surface area contributed by atoms with Gasteiger partial charge in [0.05, 0.1) is 23.1 Å². The summed E-state index contributed by atoms with van der Waals surface area (Å²) in [6, 6.07) is 11.7. The number of hydrogen-bond acceptors (Lipinski definition) is 6. The van der Waals surface area contributed by atoms with Gasteiger partial charge in [-0.1, -0.05) is 0 Å². The summed E-state index contributed by atoms with van der Waals surface area (Å²) in [7, 11) is 1.26. The van der Waals surface area contributed by atoms with E-state index in [0.29, 0.717) is 22.3 Å². The van der Waals surface area contributed by atoms with E-state index in [9.17, 15) is 19.3 Å². The Balaban J connectivity index is 1.80. The van der Waals surface area contributed by atoms with Gasteiger partial charge in [-0.05, 0) is 36.4 Å². The molecule has 0 aliphatic rings. The van der Waals surface area contributed by atoms with Crippen molar-refractivity contribution in [1.82, 2.24) is 4.98 Å². The van der Waals surface area contributed by atoms with Crippen LogP contribution in [-0.4, -0.2) is 23.0 Å². The summed E-state index contributed by atoms with van der Waals surface area (Å²) < 4.78 is 18.6. The lowest BCUT2D eigenvalue weighted by Gasteiger charge is -2.09. The van der Waals surface area contributed by atoms with Gasteiger partial charge in [0.1, 0.15) is 11.6 Å². The lowest BCUT2D eigenvalue weighted by molar-refractivity contribution is -0.384. The minimum Gasteiger partial charge on any atom is -0.465 e. The summed E-state index contributed by atoms with van der Waals surface area (Å²) >= 11 is 0. The number of benzene rings is 2. The second-order valence-electron chi connectivity index (χ2n) is 5.48. The molecule has 26 heavy (non-hydrogen) atoms. The van der Waals surface area contributed by atoms with E-state index in [-0.39, 0.29) is 17.8 Å². The van der Waals surface area contributed by atoms with E-state index in [4.69, 9.17) is 0 Å². The third-order valence-electron chi connectivity index (χ3n) is 3.81. The lowest BCUT2D eigenvalue weighted by atomic mass is 10.1. The Kier molecular flexibility index (Phi) is 4.74. The van der Waals surface area contributed by atoms with Crippen LogP contribution >= 0.6 is 0 Å². The second-order valence-corrected chi connectivity index (χ2v) is 5.48. The number of non-ortho nitro benzene ring substituents is 1. The van der Waals surface area contributed by atoms with Crippen molar-refractivity contribution in [2.75, 3.05) is 12.4 Å². The number of halogens is 1. The summed E-state index contributed by atoms with van der Waals surface area (Å²) in [5, 5.41) is 14.4. The molecule has 1 N–H and O–H groups in total. The third kappa shape index (κ3) is 3.59. The molecule has 0 radical (unpaired) electrons. The number of fused-ring (bicyclic) bond motifs is 1. The number of carbonyl (C=O) groups excluding carboxylic acids is 1. The zero-order chi connectivity index (χ0) is 18.7. The molecule has 0 bridgehead atoms. The summed E-state index contributed by atoms with van der Waals surface area (Å²) in [6.45, 7) is 0.113. The molecule has 7 nitrogen and oxygen atoms in total. The molecule has 132 valence electrons. The van der Waals surface area contributed by atoms with Crippen LogP contribution in [0.2, 0.25) is 0 Å². The minimum absolute atomic E-state index is 0.0123. The van der Waals surface area contributed by atoms with Gasteiger partial charge in [0.2, 0.25) is 0 Å². The maximum atomic E-state index is 13.9. The Hall–Kier alpha value is -3.55. The standard InChI is InChI=1S/C18H14FN3O4/c1-26-18(23)12-2-5-15(19)13(8-12)10-20-17-7-3-11-9-14(22(24)25)4-6-16(11)21-17/h2-9H,10H2,1H3,(H,20,21). The number of nitro benzene ring substituents is 1. The first-order valence-corrected chi connectivity index (χ1v) is 7.64. The largest absolute Gasteiger partial charge is 0.465 e. The van der Waals surface area contributed by atoms with Crippen LogP contribution in [0.1, 0.15) is 15.9 Å². The minimum atomic E-state index is -0.545. The van der Waals surface area contributed by atoms with Crippen molar-refractivity contribution < 1.29 is 18.8 Å². The van der Waals surface area contributed by atoms with Gasteiger partial charge in [-0.15, -0.1) is 0 Å². The number of rotatable bonds is 5. The van der Waals surface area contributed by atoms with Crippen LogP contribution in [0.4, 0.5) is 15.9 Å². The Morgan fingerprint density at radius 3 is 2.77 bits per heavy atom. The number of ether oxygens (including phenoxy) is 1. The maximum Gasteiger partial charge on any atom is 0.337 e. The van der Waals surface area contributed by atoms with Gasteiger partial charge in [0.15, 0.2) is 0 Å². The molecule has 0 spiro atoms. The van der Waals surface area contributed by atoms with Crippen molar-refractivity contribution >= 4 is 28.4 Å². The summed E-state index contributed by atoms with van der Waals surface area (Å²) in [5.74, 6) is -0.521. The van der Waals surface area contributed by atoms with Crippen LogP contribution in [0.25, 0.3) is 10.9 Å². The molecular weight excluding hydrogens is 341 g/mol. The fraction of sp³-hybridized carbons (Fsp3) is 0.111. The molecule has 0 fully saturated rings. The molecule has 0 amide bonds. The monoisotopic (exact) mass is 355 g/mol. The third-order valence-corrected chi connectivity index (χ3v) is 3.81. The number of nitrogens with zero attached hydrogens (tertiary/aromatic N) is 2. The fourth-order valence-electron chi connectivity index (χ4n) is 2.47. The van der Waals surface area contributed by atoms with Crippen molar-refractivity contribution in [1.29, 1.82) is 0 Å². The lowest BCUT2D eigenvalue weighted by Crippen LogP contribution is -2.07. The van der Waals surface area contributed by atoms with Crippen molar-refractivity contribution in [3.8, 4) is 0 Å². The van der Waals surface area contributed by atoms with E-state index >= 15 is 0 Å². The normalized spacial score (nSPS) is 10.5. The van der Waals surface area contributed by atoms with Gasteiger partial charge >= 0.3 is 5.97 Å². The first kappa shape index (κ1) is 17.3. The van der Waals surface area contributed by atoms with E-state index < -0.39 is 16.7 Å². The Morgan fingerprint density at radius 2 is 2.04 bits per heavy atom. The molecule has 1 heterocycles. The van der Waals surface area contributed by atoms with Crippen LogP contribution in [-0.2, 0) is 11.3 Å². The Morgan fingerprint density at radius 1 is 1.23 bits per heavy atom. The van der Waals surface area contributed by atoms with Gasteiger partial charge in [-0.3, -0.25) is 10.1 Å². The van der Waals surface area contributed by atoms with E-state index in [1.54, 1.807) is 18.2 Å². The van der Waals surface area contributed by atoms with Crippen LogP contribution < -0.4 is 5.32 Å². The van der Waals surface area contributed by atoms with E-state index in [0.717, 1.165) is 0 Å². The van der Waals surface area contributed by atoms with Crippen LogP contribution in [0.3, 0.4) is 0 Å². The smallest absolute Gasteiger partial charge is 0.337 e. The number of pyridine rings is 1. The molecular formula is C18H14FN3O4. The second kappa shape index (κ2) is 7.14. The molecule has 0 aliphatic heterocycles. The summed E-state index contributed by atoms with van der Waals surface area (Å²) in [6.07, 6.45) is 0. The van der Waals surface area contributed by atoms with Crippen LogP contribution in [0.15, 0.2) is 48.5 Å². The van der Waals surface area contributed by atoms with Gasteiger partial charge in [-0.25, -0.2) is 14.2 Å². The van der Waals surface area contributed by atoms with Crippen molar-refractivity contribution in [3.63, 3.8) is 0 Å². The number of nitrogens with one attached hydrogen (secondary N) is 1. The highest BCUT2D eigenvalue weighted by molar-refractivity contribution is 5.89. The molecule has 8 heteroatoms. The van der Waals surface area contributed by atoms with E-state index in [1.165, 1.54) is 37.4 Å². The van der Waals surface area contributed by atoms with Crippen molar-refractivity contribution in [2.24, 2.45) is 0 Å². The highest BCUT2D eigenvalue weighted by Gasteiger charge is 2.11. The van der Waals surface area contributed by atoms with Gasteiger partial charge in [-0.2, -0.15) is 0 Å². The van der Waals surface area contributed by atoms with Crippen LogP contribution in [0, 0.1) is 15.9 Å². The average molecular weight is 355 g/mol. The molecule has 3 aromatic rings. The SMILES string of the molecule is COC(=O)c1ccc(F)c(CNc2ccc3cc([N+](=O)[O-])ccc3n2)c1. The van der Waals surface area contributed by atoms with Gasteiger partial charge in [0.25, 0.3) is 5.69 Å². The summed E-state index contributed by atoms with van der Waals surface area (Å²) in [5.41, 5.74) is 1.11. The molecule has 0 saturated carbocycles. The van der Waals surface area contributed by atoms with Gasteiger partial charge < -0.3 is 10.1 Å². The Labute approximate surface area is 147 Å². The Bertz CT molecular complexity index is 1010. The number of hydrogen-bond donors (Lipinski definition) is 1. The quantitative estimate of drug-likeness (QED) is 0.426. The molecule has 0 atom stereocenters. The topological polar surface area (TPSA) is 94.4 Å². The van der Waals surface area contributed by atoms with Crippen LogP contribution in [0.5, 0.6) is 0 Å². The zero-order valence-corrected chi connectivity index (χ0v) is 13.7. The van der Waals surface area contributed by atoms with E-state index in [2.05, 4.69) is 15.0 Å². The molecule has 1 aromatic heterocycles. The zero-order valence-electron chi connectivity index (χ0n) is 13.7. The summed E-state index contributed by atoms with van der Waals surface area (Å²) in [4.78, 5) is 26.2. The molecule has 0 unspecified atom stereocenters. The first-order chi connectivity index (χ1) is 12.5. The fourth-order valence-corrected chi connectivity index (χ4v) is 2.47. The highest BCUT2D eigenvalue weighted by atomic mass is 19.1. The maximum absolute atomic E-state index is 13.9. The number of methoxy groups -OCH3 is 1. The predicted octanol–water partition coefficient (Wildman–Crippen LogP) is 3.68. The predicted molar refractivity (Wildman–Crippen MR) is 93.5 cm³/mol. The van der Waals surface area contributed by atoms with Crippen molar-refractivity contribution in [2.45, 2.75) is 6.54 Å². The molecule has 0 aliphatic carbocycles. The van der Waals surface area contributed by atoms with Crippen molar-refractivity contribution in [3.05, 3.63) is 75.6 Å². The van der Waals surface area contributed by atoms with E-state index in [1.807, 2.05) is 0 Å². The highest BCUT2D eigenvalue weighted by Crippen LogP contribution is 2.21. The molecule has 0 saturated heterocycles. The molecule has 3 rings (SSSR count). The number of carbonyl (C=O) groups is 1. The molecule has 2 aromatic carbocycles.